The summed E-state index contributed by atoms with van der Waals surface area (Å²) < 4.78 is 13.4. The molecule has 0 spiro atoms. The van der Waals surface area contributed by atoms with E-state index in [2.05, 4.69) is 10.7 Å². The minimum absolute atomic E-state index is 0.0236. The highest BCUT2D eigenvalue weighted by Gasteiger charge is 2.42. The summed E-state index contributed by atoms with van der Waals surface area (Å²) in [4.78, 5) is 30.2. The van der Waals surface area contributed by atoms with Gasteiger partial charge < -0.3 is 21.1 Å². The predicted molar refractivity (Wildman–Crippen MR) is 148 cm³/mol. The maximum absolute atomic E-state index is 13.4. The molecule has 2 aliphatic rings. The third-order valence-electron chi connectivity index (χ3n) is 8.05. The van der Waals surface area contributed by atoms with Gasteiger partial charge in [-0.05, 0) is 65.6 Å². The molecule has 200 valence electrons. The van der Waals surface area contributed by atoms with Crippen molar-refractivity contribution in [1.82, 2.24) is 9.88 Å². The third kappa shape index (κ3) is 5.59. The van der Waals surface area contributed by atoms with Crippen molar-refractivity contribution in [2.24, 2.45) is 11.7 Å². The average Bonchev–Trinajstić information content (AvgIpc) is 3.43. The van der Waals surface area contributed by atoms with Gasteiger partial charge in [-0.15, -0.1) is 0 Å². The summed E-state index contributed by atoms with van der Waals surface area (Å²) in [5.74, 6) is 0.180. The number of hydrogen-bond donors (Lipinski definition) is 3. The van der Waals surface area contributed by atoms with E-state index in [4.69, 9.17) is 10.7 Å². The second-order valence-electron chi connectivity index (χ2n) is 10.7. The zero-order chi connectivity index (χ0) is 26.9. The lowest BCUT2D eigenvalue weighted by Crippen LogP contribution is -2.50. The Balaban J connectivity index is 1.28. The lowest BCUT2D eigenvalue weighted by Gasteiger charge is -2.41. The Hall–Kier alpha value is -3.30. The first-order valence-corrected chi connectivity index (χ1v) is 14.0. The Morgan fingerprint density at radius 2 is 1.87 bits per heavy atom. The van der Waals surface area contributed by atoms with Gasteiger partial charge in [-0.2, -0.15) is 11.3 Å². The van der Waals surface area contributed by atoms with Crippen molar-refractivity contribution in [1.29, 1.82) is 0 Å². The van der Waals surface area contributed by atoms with E-state index in [1.165, 1.54) is 4.90 Å². The second kappa shape index (κ2) is 10.8. The normalized spacial score (nSPS) is 24.9. The summed E-state index contributed by atoms with van der Waals surface area (Å²) in [6, 6.07) is 11.9. The summed E-state index contributed by atoms with van der Waals surface area (Å²) in [5, 5.41) is 16.3. The molecule has 2 aromatic heterocycles. The van der Waals surface area contributed by atoms with E-state index in [0.717, 1.165) is 53.6 Å². The molecular weight excluding hydrogens is 503 g/mol. The number of alkyl halides is 1. The second-order valence-corrected chi connectivity index (χ2v) is 11.5. The van der Waals surface area contributed by atoms with E-state index >= 15 is 0 Å². The molecule has 5 rings (SSSR count). The van der Waals surface area contributed by atoms with Crippen LogP contribution in [0, 0.1) is 5.92 Å². The molecule has 0 bridgehead atoms. The number of carboxylic acid groups (broad SMARTS) is 1. The number of nitrogens with one attached hydrogen (secondary N) is 1. The van der Waals surface area contributed by atoms with Gasteiger partial charge in [-0.25, -0.2) is 9.18 Å². The molecule has 0 atom stereocenters. The summed E-state index contributed by atoms with van der Waals surface area (Å²) in [6.07, 6.45) is 4.26. The topological polar surface area (TPSA) is 109 Å². The molecule has 3 aromatic rings. The molecule has 2 aliphatic carbocycles. The van der Waals surface area contributed by atoms with Gasteiger partial charge in [0.25, 0.3) is 0 Å². The molecule has 1 aromatic carbocycles. The van der Waals surface area contributed by atoms with Crippen molar-refractivity contribution in [2.75, 3.05) is 12.4 Å². The Morgan fingerprint density at radius 1 is 1.16 bits per heavy atom. The number of nitrogens with zero attached hydrogens (tertiary/aromatic N) is 2. The van der Waals surface area contributed by atoms with Gasteiger partial charge in [0.1, 0.15) is 6.17 Å². The molecule has 7 nitrogen and oxygen atoms in total. The fourth-order valence-electron chi connectivity index (χ4n) is 5.69. The lowest BCUT2D eigenvalue weighted by atomic mass is 9.71. The Bertz CT molecular complexity index is 1280. The van der Waals surface area contributed by atoms with Crippen molar-refractivity contribution >= 4 is 29.0 Å². The van der Waals surface area contributed by atoms with Crippen molar-refractivity contribution in [3.05, 3.63) is 58.9 Å². The molecule has 2 saturated carbocycles. The number of carbonyl (C=O) groups excluding carboxylic acids is 1. The van der Waals surface area contributed by atoms with Gasteiger partial charge in [-0.1, -0.05) is 24.3 Å². The van der Waals surface area contributed by atoms with Crippen LogP contribution in [0.3, 0.4) is 0 Å². The molecule has 2 fully saturated rings. The van der Waals surface area contributed by atoms with Crippen LogP contribution in [0.2, 0.25) is 0 Å². The number of halogens is 1. The predicted octanol–water partition coefficient (Wildman–Crippen LogP) is 6.26. The molecule has 0 unspecified atom stereocenters. The number of thiophene rings is 1. The summed E-state index contributed by atoms with van der Waals surface area (Å²) >= 11 is 1.59. The molecule has 0 saturated heterocycles. The molecule has 2 amide bonds. The number of carbonyl (C=O) groups is 2. The lowest BCUT2D eigenvalue weighted by molar-refractivity contribution is -0.117. The van der Waals surface area contributed by atoms with Crippen molar-refractivity contribution in [3.8, 4) is 22.4 Å². The number of pyridine rings is 1. The highest BCUT2D eigenvalue weighted by atomic mass is 32.1. The van der Waals surface area contributed by atoms with Gasteiger partial charge in [0, 0.05) is 49.0 Å². The van der Waals surface area contributed by atoms with Crippen LogP contribution in [0.15, 0.2) is 53.4 Å². The number of rotatable bonds is 7. The number of hydrogen-bond acceptors (Lipinski definition) is 5. The highest BCUT2D eigenvalue weighted by molar-refractivity contribution is 7.08. The number of anilines is 1. The zero-order valence-electron chi connectivity index (χ0n) is 21.4. The SMILES string of the molecule is CN(C(=O)O)[C@H]1CC[C@H](CC(=O)Nc2cnc(-c3ccc([C@]4(N)C[C@H](F)C4)cc3)c(-c3ccsc3)c2)CC1. The largest absolute Gasteiger partial charge is 0.465 e. The Kier molecular flexibility index (Phi) is 7.49. The maximum atomic E-state index is 13.4. The van der Waals surface area contributed by atoms with Crippen LogP contribution >= 0.6 is 11.3 Å². The van der Waals surface area contributed by atoms with Crippen LogP contribution in [0.25, 0.3) is 22.4 Å². The van der Waals surface area contributed by atoms with E-state index in [-0.39, 0.29) is 17.9 Å². The first kappa shape index (κ1) is 26.3. The summed E-state index contributed by atoms with van der Waals surface area (Å²) in [6.45, 7) is 0. The molecule has 2 heterocycles. The first-order chi connectivity index (χ1) is 18.2. The standard InChI is InChI=1S/C29H33FN4O3S/c1-34(28(36)37)24-8-2-18(3-9-24)12-26(35)33-23-13-25(20-10-11-38-17-20)27(32-16-23)19-4-6-21(7-5-19)29(31)14-22(30)15-29/h4-7,10-11,13,16-18,22,24H,2-3,8-9,12,14-15,31H2,1H3,(H,33,35)(H,36,37)/t18-,22-,24-,29-. The number of nitrogens with two attached hydrogens (primary N) is 1. The fourth-order valence-corrected chi connectivity index (χ4v) is 6.35. The number of aromatic nitrogens is 1. The molecule has 38 heavy (non-hydrogen) atoms. The summed E-state index contributed by atoms with van der Waals surface area (Å²) in [7, 11) is 1.61. The number of amides is 2. The van der Waals surface area contributed by atoms with Crippen LogP contribution in [0.5, 0.6) is 0 Å². The van der Waals surface area contributed by atoms with Gasteiger partial charge >= 0.3 is 6.09 Å². The van der Waals surface area contributed by atoms with E-state index in [9.17, 15) is 19.1 Å². The van der Waals surface area contributed by atoms with E-state index in [1.807, 2.05) is 41.8 Å². The fraction of sp³-hybridized carbons (Fsp3) is 0.414. The highest BCUT2D eigenvalue weighted by Crippen LogP contribution is 2.42. The van der Waals surface area contributed by atoms with E-state index < -0.39 is 17.8 Å². The molecule has 0 aliphatic heterocycles. The molecule has 0 radical (unpaired) electrons. The minimum atomic E-state index is -0.906. The zero-order valence-corrected chi connectivity index (χ0v) is 22.2. The van der Waals surface area contributed by atoms with Crippen LogP contribution < -0.4 is 11.1 Å². The quantitative estimate of drug-likeness (QED) is 0.330. The third-order valence-corrected chi connectivity index (χ3v) is 8.73. The minimum Gasteiger partial charge on any atom is -0.465 e. The first-order valence-electron chi connectivity index (χ1n) is 13.0. The van der Waals surface area contributed by atoms with Crippen molar-refractivity contribution < 1.29 is 19.1 Å². The smallest absolute Gasteiger partial charge is 0.407 e. The van der Waals surface area contributed by atoms with Crippen molar-refractivity contribution in [2.45, 2.75) is 62.7 Å². The van der Waals surface area contributed by atoms with Gasteiger partial charge in [0.05, 0.1) is 17.6 Å². The van der Waals surface area contributed by atoms with Gasteiger partial charge in [0.2, 0.25) is 5.91 Å². The van der Waals surface area contributed by atoms with Gasteiger partial charge in [0.15, 0.2) is 0 Å². The maximum Gasteiger partial charge on any atom is 0.407 e. The van der Waals surface area contributed by atoms with Crippen molar-refractivity contribution in [3.63, 3.8) is 0 Å². The van der Waals surface area contributed by atoms with Crippen LogP contribution in [0.4, 0.5) is 14.9 Å². The molecular formula is C29H33FN4O3S. The Morgan fingerprint density at radius 3 is 2.47 bits per heavy atom. The van der Waals surface area contributed by atoms with Crippen LogP contribution in [-0.4, -0.2) is 46.3 Å². The molecule has 9 heteroatoms. The number of benzene rings is 1. The van der Waals surface area contributed by atoms with E-state index in [1.54, 1.807) is 24.6 Å². The van der Waals surface area contributed by atoms with Crippen LogP contribution in [0.1, 0.15) is 50.5 Å². The monoisotopic (exact) mass is 536 g/mol. The average molecular weight is 537 g/mol. The summed E-state index contributed by atoms with van der Waals surface area (Å²) in [5.41, 5.74) is 11.0. The van der Waals surface area contributed by atoms with Crippen LogP contribution in [-0.2, 0) is 10.3 Å². The Labute approximate surface area is 225 Å². The van der Waals surface area contributed by atoms with Gasteiger partial charge in [-0.3, -0.25) is 9.78 Å². The molecule has 4 N–H and O–H groups in total. The van der Waals surface area contributed by atoms with E-state index in [0.29, 0.717) is 24.9 Å².